The summed E-state index contributed by atoms with van der Waals surface area (Å²) in [7, 11) is 0. The lowest BCUT2D eigenvalue weighted by molar-refractivity contribution is -0.136. The lowest BCUT2D eigenvalue weighted by Gasteiger charge is -2.48. The Morgan fingerprint density at radius 2 is 1.89 bits per heavy atom. The van der Waals surface area contributed by atoms with E-state index in [-0.39, 0.29) is 30.2 Å². The maximum Gasteiger partial charge on any atom is 0.255 e. The van der Waals surface area contributed by atoms with Crippen LogP contribution in [0.4, 0.5) is 0 Å². The highest BCUT2D eigenvalue weighted by atomic mass is 16.5. The number of nitrogens with zero attached hydrogens (tertiary/aromatic N) is 3. The van der Waals surface area contributed by atoms with Gasteiger partial charge in [0.2, 0.25) is 11.8 Å². The lowest BCUT2D eigenvalue weighted by Crippen LogP contribution is -2.57. The summed E-state index contributed by atoms with van der Waals surface area (Å²) in [5.41, 5.74) is 2.80. The smallest absolute Gasteiger partial charge is 0.255 e. The number of nitrogens with one attached hydrogen (secondary N) is 1. The predicted octanol–water partition coefficient (Wildman–Crippen LogP) is 2.63. The maximum atomic E-state index is 13.0. The number of piperidine rings is 1. The van der Waals surface area contributed by atoms with Gasteiger partial charge in [0, 0.05) is 56.0 Å². The molecule has 1 N–H and O–H groups in total. The van der Waals surface area contributed by atoms with Crippen molar-refractivity contribution >= 4 is 17.7 Å². The Hall–Kier alpha value is -3.26. The highest BCUT2D eigenvalue weighted by molar-refractivity contribution is 6.05. The van der Waals surface area contributed by atoms with Gasteiger partial charge in [-0.15, -0.1) is 0 Å². The Kier molecular flexibility index (Phi) is 5.76. The highest BCUT2D eigenvalue weighted by Crippen LogP contribution is 2.36. The fourth-order valence-corrected chi connectivity index (χ4v) is 6.04. The number of ether oxygens (including phenoxy) is 1. The van der Waals surface area contributed by atoms with Gasteiger partial charge in [0.25, 0.3) is 5.91 Å². The number of pyridine rings is 1. The van der Waals surface area contributed by atoms with Crippen molar-refractivity contribution < 1.29 is 19.1 Å². The normalized spacial score (nSPS) is 27.4. The number of likely N-dealkylation sites (tertiary alicyclic amines) is 1. The van der Waals surface area contributed by atoms with Crippen LogP contribution in [0.1, 0.15) is 65.9 Å². The molecule has 2 saturated heterocycles. The van der Waals surface area contributed by atoms with Crippen molar-refractivity contribution in [3.8, 4) is 5.75 Å². The summed E-state index contributed by atoms with van der Waals surface area (Å²) in [6.45, 7) is 2.44. The van der Waals surface area contributed by atoms with E-state index in [1.165, 1.54) is 12.0 Å². The van der Waals surface area contributed by atoms with Gasteiger partial charge in [-0.25, -0.2) is 0 Å². The van der Waals surface area contributed by atoms with Crippen LogP contribution < -0.4 is 10.1 Å². The Morgan fingerprint density at radius 3 is 2.69 bits per heavy atom. The molecule has 3 atom stereocenters. The minimum absolute atomic E-state index is 0.125. The first-order valence-electron chi connectivity index (χ1n) is 12.6. The molecule has 1 unspecified atom stereocenters. The van der Waals surface area contributed by atoms with Crippen LogP contribution >= 0.6 is 0 Å². The van der Waals surface area contributed by atoms with Crippen molar-refractivity contribution in [2.45, 2.75) is 69.2 Å². The summed E-state index contributed by atoms with van der Waals surface area (Å²) in [6, 6.07) is 9.62. The lowest BCUT2D eigenvalue weighted by atomic mass is 9.85. The summed E-state index contributed by atoms with van der Waals surface area (Å²) < 4.78 is 6.53. The van der Waals surface area contributed by atoms with E-state index >= 15 is 0 Å². The molecule has 0 bridgehead atoms. The zero-order valence-corrected chi connectivity index (χ0v) is 19.7. The molecule has 3 aliphatic heterocycles. The first kappa shape index (κ1) is 22.2. The Bertz CT molecular complexity index is 1150. The molecular weight excluding hydrogens is 444 g/mol. The fraction of sp³-hybridized carbons (Fsp3) is 0.481. The summed E-state index contributed by atoms with van der Waals surface area (Å²) >= 11 is 0. The number of rotatable bonds is 5. The average molecular weight is 475 g/mol. The van der Waals surface area contributed by atoms with Crippen LogP contribution in [0.5, 0.6) is 5.75 Å². The molecule has 8 nitrogen and oxygen atoms in total. The van der Waals surface area contributed by atoms with Gasteiger partial charge >= 0.3 is 0 Å². The van der Waals surface area contributed by atoms with Gasteiger partial charge in [-0.3, -0.25) is 29.6 Å². The SMILES string of the molecule is O=C1CCC(N2Cc3cc(O[C@H]4CCCC[C@H]4N4CC(c5cccnc5)C4)ccc3C2=O)C(=O)N1. The van der Waals surface area contributed by atoms with E-state index in [0.29, 0.717) is 30.5 Å². The number of hydrogen-bond acceptors (Lipinski definition) is 6. The summed E-state index contributed by atoms with van der Waals surface area (Å²) in [5, 5.41) is 2.35. The van der Waals surface area contributed by atoms with Crippen molar-refractivity contribution in [1.29, 1.82) is 0 Å². The third-order valence-electron chi connectivity index (χ3n) is 7.98. The van der Waals surface area contributed by atoms with Crippen LogP contribution in [0.25, 0.3) is 0 Å². The number of imide groups is 1. The molecule has 3 amide bonds. The molecule has 182 valence electrons. The van der Waals surface area contributed by atoms with Crippen LogP contribution in [-0.4, -0.2) is 63.8 Å². The molecule has 1 saturated carbocycles. The Labute approximate surface area is 204 Å². The second-order valence-electron chi connectivity index (χ2n) is 10.2. The molecule has 35 heavy (non-hydrogen) atoms. The Morgan fingerprint density at radius 1 is 1.03 bits per heavy atom. The molecule has 4 heterocycles. The molecule has 1 aliphatic carbocycles. The second kappa shape index (κ2) is 9.07. The topological polar surface area (TPSA) is 91.8 Å². The predicted molar refractivity (Wildman–Crippen MR) is 128 cm³/mol. The van der Waals surface area contributed by atoms with Crippen LogP contribution in [-0.2, 0) is 16.1 Å². The van der Waals surface area contributed by atoms with Crippen molar-refractivity contribution in [3.05, 3.63) is 59.4 Å². The number of hydrogen-bond donors (Lipinski definition) is 1. The zero-order chi connectivity index (χ0) is 23.9. The molecule has 1 aromatic carbocycles. The molecule has 4 aliphatic rings. The molecule has 0 spiro atoms. The molecule has 0 radical (unpaired) electrons. The number of fused-ring (bicyclic) bond motifs is 1. The van der Waals surface area contributed by atoms with Crippen LogP contribution in [0.3, 0.4) is 0 Å². The first-order chi connectivity index (χ1) is 17.1. The quantitative estimate of drug-likeness (QED) is 0.670. The minimum atomic E-state index is -0.598. The van der Waals surface area contributed by atoms with Gasteiger partial charge in [-0.05, 0) is 61.1 Å². The number of aromatic nitrogens is 1. The van der Waals surface area contributed by atoms with Gasteiger partial charge < -0.3 is 9.64 Å². The van der Waals surface area contributed by atoms with Crippen LogP contribution in [0.2, 0.25) is 0 Å². The molecule has 1 aromatic heterocycles. The largest absolute Gasteiger partial charge is 0.489 e. The van der Waals surface area contributed by atoms with Gasteiger partial charge in [-0.1, -0.05) is 12.5 Å². The molecule has 6 rings (SSSR count). The van der Waals surface area contributed by atoms with Gasteiger partial charge in [0.1, 0.15) is 17.9 Å². The monoisotopic (exact) mass is 474 g/mol. The second-order valence-corrected chi connectivity index (χ2v) is 10.2. The molecule has 8 heteroatoms. The van der Waals surface area contributed by atoms with Gasteiger partial charge in [-0.2, -0.15) is 0 Å². The van der Waals surface area contributed by atoms with Gasteiger partial charge in [0.15, 0.2) is 0 Å². The minimum Gasteiger partial charge on any atom is -0.489 e. The van der Waals surface area contributed by atoms with E-state index in [0.717, 1.165) is 43.7 Å². The van der Waals surface area contributed by atoms with Crippen molar-refractivity contribution in [1.82, 2.24) is 20.1 Å². The van der Waals surface area contributed by atoms with Crippen LogP contribution in [0.15, 0.2) is 42.7 Å². The van der Waals surface area contributed by atoms with Crippen LogP contribution in [0, 0.1) is 0 Å². The van der Waals surface area contributed by atoms with Crippen molar-refractivity contribution in [2.24, 2.45) is 0 Å². The number of benzene rings is 1. The summed E-state index contributed by atoms with van der Waals surface area (Å²) in [4.78, 5) is 45.2. The van der Waals surface area contributed by atoms with E-state index < -0.39 is 6.04 Å². The van der Waals surface area contributed by atoms with E-state index in [2.05, 4.69) is 21.3 Å². The summed E-state index contributed by atoms with van der Waals surface area (Å²) in [5.74, 6) is 0.502. The zero-order valence-electron chi connectivity index (χ0n) is 19.7. The van der Waals surface area contributed by atoms with E-state index in [1.807, 2.05) is 36.7 Å². The van der Waals surface area contributed by atoms with E-state index in [4.69, 9.17) is 4.74 Å². The van der Waals surface area contributed by atoms with E-state index in [9.17, 15) is 14.4 Å². The third-order valence-corrected chi connectivity index (χ3v) is 7.98. The first-order valence-corrected chi connectivity index (χ1v) is 12.6. The average Bonchev–Trinajstić information content (AvgIpc) is 3.15. The molecule has 2 aromatic rings. The molecule has 3 fully saturated rings. The number of carbonyl (C=O) groups excluding carboxylic acids is 3. The Balaban J connectivity index is 1.12. The standard InChI is InChI=1S/C27H30N4O4/c32-25-10-9-23(26(33)29-25)31-16-18-12-20(7-8-21(18)27(31)34)35-24-6-2-1-5-22(24)30-14-19(15-30)17-4-3-11-28-13-17/h3-4,7-8,11-13,19,22-24H,1-2,5-6,9-10,14-16H2,(H,29,32,33)/t22-,23?,24+/m1/s1. The third kappa shape index (κ3) is 4.20. The van der Waals surface area contributed by atoms with Gasteiger partial charge in [0.05, 0.1) is 0 Å². The highest BCUT2D eigenvalue weighted by Gasteiger charge is 2.41. The summed E-state index contributed by atoms with van der Waals surface area (Å²) in [6.07, 6.45) is 9.08. The molecular formula is C27H30N4O4. The van der Waals surface area contributed by atoms with Crippen molar-refractivity contribution in [2.75, 3.05) is 13.1 Å². The van der Waals surface area contributed by atoms with Crippen molar-refractivity contribution in [3.63, 3.8) is 0 Å². The number of amides is 3. The maximum absolute atomic E-state index is 13.0. The fourth-order valence-electron chi connectivity index (χ4n) is 6.04. The van der Waals surface area contributed by atoms with E-state index in [1.54, 1.807) is 4.90 Å². The number of carbonyl (C=O) groups is 3.